The van der Waals surface area contributed by atoms with E-state index in [1.54, 1.807) is 0 Å². The van der Waals surface area contributed by atoms with Crippen molar-refractivity contribution in [2.24, 2.45) is 0 Å². The van der Waals surface area contributed by atoms with Gasteiger partial charge in [-0.15, -0.1) is 11.3 Å². The van der Waals surface area contributed by atoms with Gasteiger partial charge in [-0.05, 0) is 47.9 Å². The Morgan fingerprint density at radius 3 is 2.21 bits per heavy atom. The van der Waals surface area contributed by atoms with E-state index in [1.807, 2.05) is 11.3 Å². The van der Waals surface area contributed by atoms with E-state index in [9.17, 15) is 0 Å². The highest BCUT2D eigenvalue weighted by Gasteiger charge is 2.25. The van der Waals surface area contributed by atoms with E-state index in [1.165, 1.54) is 86.0 Å². The maximum Gasteiger partial charge on any atom is 0.131 e. The van der Waals surface area contributed by atoms with Crippen LogP contribution in [0.25, 0.3) is 86.0 Å². The normalized spacial score (nSPS) is 12.7. The molecule has 0 atom stereocenters. The number of hydrogen-bond donors (Lipinski definition) is 1. The van der Waals surface area contributed by atoms with E-state index < -0.39 is 0 Å². The van der Waals surface area contributed by atoms with Gasteiger partial charge in [0.15, 0.2) is 0 Å². The summed E-state index contributed by atoms with van der Waals surface area (Å²) in [6.45, 7) is 0. The van der Waals surface area contributed by atoms with Gasteiger partial charge in [0.1, 0.15) is 5.65 Å². The third-order valence-electron chi connectivity index (χ3n) is 8.37. The molecule has 1 N–H and O–H groups in total. The van der Waals surface area contributed by atoms with Gasteiger partial charge in [-0.1, -0.05) is 66.7 Å². The lowest BCUT2D eigenvalue weighted by atomic mass is 10.0. The molecular formula is C34H19N3S. The summed E-state index contributed by atoms with van der Waals surface area (Å²) >= 11 is 1.91. The maximum absolute atomic E-state index is 3.75. The molecule has 0 aliphatic rings. The zero-order valence-electron chi connectivity index (χ0n) is 20.2. The Hall–Kier alpha value is -4.80. The fourth-order valence-electron chi connectivity index (χ4n) is 6.95. The Kier molecular flexibility index (Phi) is 3.33. The number of thiophene rings is 1. The molecule has 0 saturated carbocycles. The SMILES string of the molecule is c1ccc(-n2c3ccccc3c3c4cccc5[nH]c6ccc7c8sc9ccccc9c8n(c7c6c54)c32)cc1. The molecule has 10 aromatic rings. The van der Waals surface area contributed by atoms with Crippen molar-refractivity contribution in [3.05, 3.63) is 109 Å². The van der Waals surface area contributed by atoms with Crippen LogP contribution in [-0.4, -0.2) is 14.0 Å². The van der Waals surface area contributed by atoms with Crippen LogP contribution in [0.15, 0.2) is 109 Å². The Bertz CT molecular complexity index is 2550. The average Bonchev–Trinajstić information content (AvgIpc) is 3.68. The minimum Gasteiger partial charge on any atom is -0.354 e. The summed E-state index contributed by atoms with van der Waals surface area (Å²) in [5.41, 5.74) is 8.60. The van der Waals surface area contributed by atoms with E-state index in [0.717, 1.165) is 0 Å². The first kappa shape index (κ1) is 19.3. The van der Waals surface area contributed by atoms with Crippen LogP contribution in [0.3, 0.4) is 0 Å². The minimum absolute atomic E-state index is 1.17. The summed E-state index contributed by atoms with van der Waals surface area (Å²) in [5, 5.41) is 9.13. The number of fused-ring (bicyclic) bond motifs is 10. The van der Waals surface area contributed by atoms with Crippen LogP contribution in [0.4, 0.5) is 0 Å². The second-order valence-electron chi connectivity index (χ2n) is 10.2. The first-order chi connectivity index (χ1) is 18.9. The zero-order chi connectivity index (χ0) is 24.5. The molecule has 5 heterocycles. The lowest BCUT2D eigenvalue weighted by Crippen LogP contribution is -1.97. The van der Waals surface area contributed by atoms with Crippen molar-refractivity contribution in [1.82, 2.24) is 14.0 Å². The van der Waals surface area contributed by atoms with E-state index in [4.69, 9.17) is 0 Å². The fourth-order valence-corrected chi connectivity index (χ4v) is 8.16. The quantitative estimate of drug-likeness (QED) is 0.232. The molecule has 0 fully saturated rings. The molecule has 0 unspecified atom stereocenters. The van der Waals surface area contributed by atoms with E-state index >= 15 is 0 Å². The highest BCUT2D eigenvalue weighted by Crippen LogP contribution is 2.48. The van der Waals surface area contributed by atoms with Gasteiger partial charge in [-0.3, -0.25) is 8.97 Å². The van der Waals surface area contributed by atoms with E-state index in [2.05, 4.69) is 123 Å². The third kappa shape index (κ3) is 2.11. The van der Waals surface area contributed by atoms with Gasteiger partial charge < -0.3 is 4.98 Å². The lowest BCUT2D eigenvalue weighted by molar-refractivity contribution is 1.12. The zero-order valence-corrected chi connectivity index (χ0v) is 21.0. The van der Waals surface area contributed by atoms with Crippen molar-refractivity contribution >= 4 is 91.7 Å². The molecule has 0 spiro atoms. The first-order valence-corrected chi connectivity index (χ1v) is 13.8. The number of nitrogens with zero attached hydrogens (tertiary/aromatic N) is 2. The fraction of sp³-hybridized carbons (Fsp3) is 0. The first-order valence-electron chi connectivity index (χ1n) is 13.0. The van der Waals surface area contributed by atoms with Crippen LogP contribution in [0.5, 0.6) is 0 Å². The Balaban J connectivity index is 1.70. The third-order valence-corrected chi connectivity index (χ3v) is 9.56. The predicted molar refractivity (Wildman–Crippen MR) is 163 cm³/mol. The molecule has 5 aromatic heterocycles. The topological polar surface area (TPSA) is 25.1 Å². The summed E-state index contributed by atoms with van der Waals surface area (Å²) in [5.74, 6) is 0. The molecule has 38 heavy (non-hydrogen) atoms. The van der Waals surface area contributed by atoms with E-state index in [0.29, 0.717) is 0 Å². The second kappa shape index (κ2) is 6.55. The predicted octanol–water partition coefficient (Wildman–Crippen LogP) is 9.63. The van der Waals surface area contributed by atoms with Gasteiger partial charge in [0.2, 0.25) is 0 Å². The van der Waals surface area contributed by atoms with Crippen molar-refractivity contribution in [2.45, 2.75) is 0 Å². The summed E-state index contributed by atoms with van der Waals surface area (Å²) in [6, 6.07) is 39.9. The van der Waals surface area contributed by atoms with Gasteiger partial charge in [0, 0.05) is 53.7 Å². The van der Waals surface area contributed by atoms with Crippen molar-refractivity contribution in [3.8, 4) is 5.69 Å². The molecule has 4 heteroatoms. The smallest absolute Gasteiger partial charge is 0.131 e. The minimum atomic E-state index is 1.17. The molecule has 3 nitrogen and oxygen atoms in total. The maximum atomic E-state index is 3.75. The number of benzene rings is 5. The summed E-state index contributed by atoms with van der Waals surface area (Å²) < 4.78 is 7.74. The van der Waals surface area contributed by atoms with Gasteiger partial charge in [-0.2, -0.15) is 0 Å². The highest BCUT2D eigenvalue weighted by atomic mass is 32.1. The molecule has 0 aliphatic heterocycles. The molecule has 0 saturated heterocycles. The van der Waals surface area contributed by atoms with Gasteiger partial charge in [-0.25, -0.2) is 0 Å². The van der Waals surface area contributed by atoms with Crippen molar-refractivity contribution in [2.75, 3.05) is 0 Å². The number of nitrogens with one attached hydrogen (secondary N) is 1. The summed E-state index contributed by atoms with van der Waals surface area (Å²) in [6.07, 6.45) is 0. The number of hydrogen-bond acceptors (Lipinski definition) is 1. The number of aromatic amines is 1. The van der Waals surface area contributed by atoms with Crippen molar-refractivity contribution < 1.29 is 0 Å². The summed E-state index contributed by atoms with van der Waals surface area (Å²) in [4.78, 5) is 3.75. The molecule has 0 amide bonds. The molecule has 0 aliphatic carbocycles. The lowest BCUT2D eigenvalue weighted by Gasteiger charge is -2.09. The van der Waals surface area contributed by atoms with Crippen LogP contribution in [0, 0.1) is 0 Å². The molecule has 176 valence electrons. The Labute approximate surface area is 220 Å². The van der Waals surface area contributed by atoms with Crippen LogP contribution < -0.4 is 0 Å². The van der Waals surface area contributed by atoms with Crippen LogP contribution in [0.2, 0.25) is 0 Å². The number of rotatable bonds is 1. The van der Waals surface area contributed by atoms with Crippen LogP contribution in [-0.2, 0) is 0 Å². The second-order valence-corrected chi connectivity index (χ2v) is 11.3. The standard InChI is InChI=1S/C34H19N3S/c1-2-9-19(10-3-1)36-26-15-6-4-11-20(26)28-22-13-8-14-24-29(22)30-25(35-24)18-17-23-31(30)37(34(28)36)32-21-12-5-7-16-27(21)38-33(23)32/h1-18,35H. The monoisotopic (exact) mass is 501 g/mol. The Morgan fingerprint density at radius 2 is 1.29 bits per heavy atom. The van der Waals surface area contributed by atoms with Crippen LogP contribution >= 0.6 is 11.3 Å². The number of aromatic nitrogens is 3. The number of para-hydroxylation sites is 2. The van der Waals surface area contributed by atoms with Gasteiger partial charge in [0.25, 0.3) is 0 Å². The van der Waals surface area contributed by atoms with Crippen molar-refractivity contribution in [1.29, 1.82) is 0 Å². The molecule has 5 aromatic carbocycles. The van der Waals surface area contributed by atoms with Gasteiger partial charge >= 0.3 is 0 Å². The van der Waals surface area contributed by atoms with Crippen molar-refractivity contribution in [3.63, 3.8) is 0 Å². The Morgan fingerprint density at radius 1 is 0.526 bits per heavy atom. The van der Waals surface area contributed by atoms with Gasteiger partial charge in [0.05, 0.1) is 21.3 Å². The van der Waals surface area contributed by atoms with Crippen LogP contribution in [0.1, 0.15) is 0 Å². The average molecular weight is 502 g/mol. The molecule has 0 radical (unpaired) electrons. The molecule has 10 rings (SSSR count). The highest BCUT2D eigenvalue weighted by molar-refractivity contribution is 7.26. The van der Waals surface area contributed by atoms with E-state index in [-0.39, 0.29) is 0 Å². The molecular weight excluding hydrogens is 482 g/mol. The number of H-pyrrole nitrogens is 1. The molecule has 0 bridgehead atoms. The largest absolute Gasteiger partial charge is 0.354 e. The summed E-state index contributed by atoms with van der Waals surface area (Å²) in [7, 11) is 0.